The van der Waals surface area contributed by atoms with Crippen molar-refractivity contribution in [2.45, 2.75) is 232 Å². The molecular formula is C57H104NO7P. The molecule has 9 heteroatoms. The number of rotatable bonds is 50. The average molecular weight is 946 g/mol. The fourth-order valence-electron chi connectivity index (χ4n) is 7.33. The second kappa shape index (κ2) is 49.4. The van der Waals surface area contributed by atoms with Gasteiger partial charge < -0.3 is 27.9 Å². The van der Waals surface area contributed by atoms with Crippen LogP contribution in [0.3, 0.4) is 0 Å². The first-order valence-electron chi connectivity index (χ1n) is 27.2. The van der Waals surface area contributed by atoms with Crippen LogP contribution in [0.4, 0.5) is 0 Å². The normalized spacial score (nSPS) is 14.1. The standard InChI is InChI=1S/C57H104NO7P/c1-6-8-10-12-14-16-18-20-22-24-26-27-28-29-30-31-32-33-35-37-39-41-43-45-47-49-52-62-54-56(55-64-66(60,61)63-53-51-58(3,4)5)65-57(59)50-48-46-44-42-40-38-36-34-25-23-21-19-17-15-13-11-9-7-2/h8,10,14,16,20,22-23,25-27,29-30,56H,6-7,9,11-13,15,17-19,21,24,28,31-55H2,1-5H3/b10-8-,16-14-,22-20-,25-23-,27-26-,30-29-. The molecule has 384 valence electrons. The molecule has 0 aliphatic carbocycles. The lowest BCUT2D eigenvalue weighted by atomic mass is 10.1. The highest BCUT2D eigenvalue weighted by molar-refractivity contribution is 7.45. The maximum absolute atomic E-state index is 12.8. The maximum atomic E-state index is 12.8. The van der Waals surface area contributed by atoms with E-state index in [0.717, 1.165) is 64.2 Å². The lowest BCUT2D eigenvalue weighted by Crippen LogP contribution is -2.37. The third-order valence-electron chi connectivity index (χ3n) is 11.5. The number of quaternary nitrogens is 1. The number of ether oxygens (including phenoxy) is 2. The summed E-state index contributed by atoms with van der Waals surface area (Å²) in [6.45, 7) is 5.29. The van der Waals surface area contributed by atoms with Gasteiger partial charge in [-0.05, 0) is 83.5 Å². The van der Waals surface area contributed by atoms with E-state index in [2.05, 4.69) is 86.8 Å². The zero-order valence-corrected chi connectivity index (χ0v) is 44.5. The van der Waals surface area contributed by atoms with Gasteiger partial charge in [0.2, 0.25) is 0 Å². The average Bonchev–Trinajstić information content (AvgIpc) is 3.28. The van der Waals surface area contributed by atoms with Gasteiger partial charge in [-0.25, -0.2) is 0 Å². The molecule has 0 aliphatic rings. The minimum Gasteiger partial charge on any atom is -0.756 e. The third kappa shape index (κ3) is 52.9. The Morgan fingerprint density at radius 1 is 0.485 bits per heavy atom. The zero-order valence-electron chi connectivity index (χ0n) is 43.6. The molecule has 0 radical (unpaired) electrons. The third-order valence-corrected chi connectivity index (χ3v) is 12.5. The predicted octanol–water partition coefficient (Wildman–Crippen LogP) is 16.4. The molecule has 0 aliphatic heterocycles. The highest BCUT2D eigenvalue weighted by Gasteiger charge is 2.20. The second-order valence-electron chi connectivity index (χ2n) is 19.2. The van der Waals surface area contributed by atoms with Crippen molar-refractivity contribution >= 4 is 13.8 Å². The summed E-state index contributed by atoms with van der Waals surface area (Å²) in [7, 11) is 1.35. The molecule has 0 N–H and O–H groups in total. The molecule has 0 saturated heterocycles. The first-order chi connectivity index (χ1) is 32.1. The van der Waals surface area contributed by atoms with Crippen LogP contribution in [-0.4, -0.2) is 70.7 Å². The molecule has 8 nitrogen and oxygen atoms in total. The minimum atomic E-state index is -4.54. The molecule has 0 fully saturated rings. The van der Waals surface area contributed by atoms with Crippen LogP contribution in [0, 0.1) is 0 Å². The fourth-order valence-corrected chi connectivity index (χ4v) is 8.06. The Hall–Kier alpha value is -2.06. The number of phosphoric ester groups is 1. The molecule has 0 aromatic rings. The van der Waals surface area contributed by atoms with Crippen molar-refractivity contribution in [3.05, 3.63) is 72.9 Å². The van der Waals surface area contributed by atoms with Gasteiger partial charge in [-0.1, -0.05) is 209 Å². The van der Waals surface area contributed by atoms with Gasteiger partial charge in [-0.2, -0.15) is 0 Å². The molecule has 0 amide bonds. The van der Waals surface area contributed by atoms with Crippen molar-refractivity contribution in [3.8, 4) is 0 Å². The number of nitrogens with zero attached hydrogens (tertiary/aromatic N) is 1. The number of esters is 1. The Kier molecular flexibility index (Phi) is 47.8. The summed E-state index contributed by atoms with van der Waals surface area (Å²) in [6, 6.07) is 0. The largest absolute Gasteiger partial charge is 0.756 e. The van der Waals surface area contributed by atoms with Crippen molar-refractivity contribution in [1.82, 2.24) is 0 Å². The molecule has 0 rings (SSSR count). The van der Waals surface area contributed by atoms with Crippen molar-refractivity contribution in [3.63, 3.8) is 0 Å². The fraction of sp³-hybridized carbons (Fsp3) is 0.772. The summed E-state index contributed by atoms with van der Waals surface area (Å²) in [5.74, 6) is -0.340. The van der Waals surface area contributed by atoms with Crippen LogP contribution in [0.15, 0.2) is 72.9 Å². The molecule has 0 bridgehead atoms. The molecular weight excluding hydrogens is 842 g/mol. The Morgan fingerprint density at radius 2 is 0.879 bits per heavy atom. The van der Waals surface area contributed by atoms with Crippen LogP contribution in [0.1, 0.15) is 226 Å². The summed E-state index contributed by atoms with van der Waals surface area (Å²) < 4.78 is 34.8. The summed E-state index contributed by atoms with van der Waals surface area (Å²) >= 11 is 0. The number of phosphoric acid groups is 1. The first kappa shape index (κ1) is 63.9. The van der Waals surface area contributed by atoms with Crippen molar-refractivity contribution in [2.75, 3.05) is 54.1 Å². The quantitative estimate of drug-likeness (QED) is 0.0197. The van der Waals surface area contributed by atoms with E-state index in [4.69, 9.17) is 18.5 Å². The summed E-state index contributed by atoms with van der Waals surface area (Å²) in [6.07, 6.45) is 65.0. The molecule has 2 unspecified atom stereocenters. The molecule has 0 spiro atoms. The van der Waals surface area contributed by atoms with Gasteiger partial charge in [-0.3, -0.25) is 9.36 Å². The van der Waals surface area contributed by atoms with E-state index >= 15 is 0 Å². The molecule has 0 aromatic carbocycles. The molecule has 0 saturated carbocycles. The van der Waals surface area contributed by atoms with Crippen LogP contribution in [-0.2, 0) is 27.9 Å². The highest BCUT2D eigenvalue weighted by atomic mass is 31.2. The van der Waals surface area contributed by atoms with Gasteiger partial charge in [0.1, 0.15) is 19.3 Å². The number of hydrogen-bond acceptors (Lipinski definition) is 7. The van der Waals surface area contributed by atoms with Crippen molar-refractivity contribution in [1.29, 1.82) is 0 Å². The summed E-state index contributed by atoms with van der Waals surface area (Å²) in [4.78, 5) is 25.2. The second-order valence-corrected chi connectivity index (χ2v) is 20.6. The number of carbonyl (C=O) groups is 1. The van der Waals surface area contributed by atoms with Gasteiger partial charge in [0.15, 0.2) is 0 Å². The van der Waals surface area contributed by atoms with E-state index in [1.807, 2.05) is 21.1 Å². The monoisotopic (exact) mass is 946 g/mol. The van der Waals surface area contributed by atoms with Crippen LogP contribution >= 0.6 is 7.82 Å². The number of carbonyl (C=O) groups excluding carboxylic acids is 1. The van der Waals surface area contributed by atoms with Crippen LogP contribution in [0.25, 0.3) is 0 Å². The van der Waals surface area contributed by atoms with E-state index in [0.29, 0.717) is 24.1 Å². The Balaban J connectivity index is 4.12. The van der Waals surface area contributed by atoms with E-state index < -0.39 is 13.9 Å². The van der Waals surface area contributed by atoms with Gasteiger partial charge in [-0.15, -0.1) is 0 Å². The highest BCUT2D eigenvalue weighted by Crippen LogP contribution is 2.38. The number of hydrogen-bond donors (Lipinski definition) is 0. The van der Waals surface area contributed by atoms with Crippen molar-refractivity contribution < 1.29 is 37.3 Å². The van der Waals surface area contributed by atoms with Crippen LogP contribution < -0.4 is 4.89 Å². The maximum Gasteiger partial charge on any atom is 0.306 e. The Labute approximate surface area is 408 Å². The van der Waals surface area contributed by atoms with E-state index in [9.17, 15) is 14.3 Å². The van der Waals surface area contributed by atoms with Crippen LogP contribution in [0.2, 0.25) is 0 Å². The molecule has 66 heavy (non-hydrogen) atoms. The Morgan fingerprint density at radius 3 is 1.33 bits per heavy atom. The molecule has 2 atom stereocenters. The molecule has 0 heterocycles. The lowest BCUT2D eigenvalue weighted by molar-refractivity contribution is -0.870. The van der Waals surface area contributed by atoms with Gasteiger partial charge >= 0.3 is 5.97 Å². The van der Waals surface area contributed by atoms with Gasteiger partial charge in [0.05, 0.1) is 34.4 Å². The summed E-state index contributed by atoms with van der Waals surface area (Å²) in [5, 5.41) is 0. The zero-order chi connectivity index (χ0) is 48.3. The number of unbranched alkanes of at least 4 members (excludes halogenated alkanes) is 24. The predicted molar refractivity (Wildman–Crippen MR) is 282 cm³/mol. The summed E-state index contributed by atoms with van der Waals surface area (Å²) in [5.41, 5.74) is 0. The van der Waals surface area contributed by atoms with Gasteiger partial charge in [0, 0.05) is 13.0 Å². The number of allylic oxidation sites excluding steroid dienone is 12. The molecule has 0 aromatic heterocycles. The minimum absolute atomic E-state index is 0.0219. The number of likely N-dealkylation sites (N-methyl/N-ethyl adjacent to an activating group) is 1. The van der Waals surface area contributed by atoms with Gasteiger partial charge in [0.25, 0.3) is 7.82 Å². The van der Waals surface area contributed by atoms with E-state index in [1.165, 1.54) is 141 Å². The van der Waals surface area contributed by atoms with Crippen LogP contribution in [0.5, 0.6) is 0 Å². The van der Waals surface area contributed by atoms with Crippen molar-refractivity contribution in [2.24, 2.45) is 0 Å². The Bertz CT molecular complexity index is 1280. The first-order valence-corrected chi connectivity index (χ1v) is 28.6. The lowest BCUT2D eigenvalue weighted by Gasteiger charge is -2.28. The topological polar surface area (TPSA) is 94.1 Å². The van der Waals surface area contributed by atoms with E-state index in [-0.39, 0.29) is 25.8 Å². The SMILES string of the molecule is CC/C=C\C/C=C\C/C=C\C/C=C\C/C=C\CCCCCCCCCCCCOCC(COP(=O)([O-])OCC[N+](C)(C)C)OC(=O)CCCCCCCCC/C=C\CCCCCCCCC. The smallest absolute Gasteiger partial charge is 0.306 e. The van der Waals surface area contributed by atoms with E-state index in [1.54, 1.807) is 0 Å².